The Morgan fingerprint density at radius 3 is 2.06 bits per heavy atom. The van der Waals surface area contributed by atoms with Gasteiger partial charge in [0, 0.05) is 12.1 Å². The number of hydrogen-bond acceptors (Lipinski definition) is 7. The summed E-state index contributed by atoms with van der Waals surface area (Å²) in [6.45, 7) is 1.99. The zero-order valence-electron chi connectivity index (χ0n) is 17.4. The Labute approximate surface area is 187 Å². The third-order valence-corrected chi connectivity index (χ3v) is 5.56. The van der Waals surface area contributed by atoms with Gasteiger partial charge >= 0.3 is 14.5 Å². The van der Waals surface area contributed by atoms with E-state index in [0.717, 1.165) is 5.56 Å². The Hall–Kier alpha value is -3.48. The van der Waals surface area contributed by atoms with Crippen molar-refractivity contribution in [3.05, 3.63) is 101 Å². The van der Waals surface area contributed by atoms with E-state index >= 15 is 0 Å². The summed E-state index contributed by atoms with van der Waals surface area (Å²) in [4.78, 5) is 23.1. The van der Waals surface area contributed by atoms with Gasteiger partial charge in [-0.2, -0.15) is 0 Å². The predicted octanol–water partition coefficient (Wildman–Crippen LogP) is 5.04. The number of nitrogens with zero attached hydrogens (tertiary/aromatic N) is 1. The highest BCUT2D eigenvalue weighted by atomic mass is 31.2. The fraction of sp³-hybridized carbons (Fsp3) is 0.174. The second kappa shape index (κ2) is 11.8. The van der Waals surface area contributed by atoms with Gasteiger partial charge in [0.05, 0.1) is 11.5 Å². The quantitative estimate of drug-likeness (QED) is 0.187. The normalized spacial score (nSPS) is 12.4. The zero-order valence-corrected chi connectivity index (χ0v) is 18.3. The van der Waals surface area contributed by atoms with E-state index in [0.29, 0.717) is 17.9 Å². The van der Waals surface area contributed by atoms with Crippen molar-refractivity contribution in [3.63, 3.8) is 0 Å². The largest absolute Gasteiger partial charge is 0.465 e. The first-order valence-corrected chi connectivity index (χ1v) is 11.1. The number of ether oxygens (including phenoxy) is 1. The standard InChI is InChI=1S/C23H23N2O6P/c1-2-29-23(26)22(17-18-9-5-3-6-10-18)24-32(30-20-11-7-4-8-12-20)31-21-15-13-19(14-16-21)25(27)28/h3-16,22,24H,2,17H2,1H3. The summed E-state index contributed by atoms with van der Waals surface area (Å²) < 4.78 is 17.2. The molecule has 0 aliphatic carbocycles. The second-order valence-corrected chi connectivity index (χ2v) is 7.76. The lowest BCUT2D eigenvalue weighted by atomic mass is 10.1. The highest BCUT2D eigenvalue weighted by Crippen LogP contribution is 2.38. The molecule has 0 spiro atoms. The Morgan fingerprint density at radius 2 is 1.50 bits per heavy atom. The molecule has 2 atom stereocenters. The Morgan fingerprint density at radius 1 is 0.938 bits per heavy atom. The topological polar surface area (TPSA) is 99.9 Å². The van der Waals surface area contributed by atoms with Crippen LogP contribution >= 0.6 is 8.53 Å². The maximum atomic E-state index is 12.6. The minimum absolute atomic E-state index is 0.0490. The number of para-hydroxylation sites is 1. The molecule has 0 bridgehead atoms. The maximum absolute atomic E-state index is 12.6. The molecule has 0 aliphatic rings. The first-order chi connectivity index (χ1) is 15.5. The van der Waals surface area contributed by atoms with Crippen molar-refractivity contribution in [2.45, 2.75) is 19.4 Å². The van der Waals surface area contributed by atoms with Crippen LogP contribution in [0.5, 0.6) is 11.5 Å². The molecule has 166 valence electrons. The molecule has 0 amide bonds. The van der Waals surface area contributed by atoms with E-state index in [2.05, 4.69) is 5.09 Å². The lowest BCUT2D eigenvalue weighted by molar-refractivity contribution is -0.384. The van der Waals surface area contributed by atoms with E-state index in [1.165, 1.54) is 24.3 Å². The molecule has 0 aliphatic heterocycles. The van der Waals surface area contributed by atoms with E-state index in [-0.39, 0.29) is 12.3 Å². The van der Waals surface area contributed by atoms with Crippen LogP contribution in [-0.4, -0.2) is 23.5 Å². The van der Waals surface area contributed by atoms with Crippen LogP contribution in [-0.2, 0) is 16.0 Å². The van der Waals surface area contributed by atoms with E-state index < -0.39 is 25.5 Å². The van der Waals surface area contributed by atoms with Crippen molar-refractivity contribution >= 4 is 20.2 Å². The Balaban J connectivity index is 1.81. The summed E-state index contributed by atoms with van der Waals surface area (Å²) in [5.74, 6) is 0.496. The molecule has 3 rings (SSSR count). The van der Waals surface area contributed by atoms with Gasteiger partial charge in [0.1, 0.15) is 17.5 Å². The van der Waals surface area contributed by atoms with Crippen molar-refractivity contribution < 1.29 is 23.5 Å². The van der Waals surface area contributed by atoms with E-state index in [4.69, 9.17) is 13.8 Å². The lowest BCUT2D eigenvalue weighted by Crippen LogP contribution is -2.38. The van der Waals surface area contributed by atoms with Crippen LogP contribution < -0.4 is 14.1 Å². The summed E-state index contributed by atoms with van der Waals surface area (Å²) in [7, 11) is -1.84. The average Bonchev–Trinajstić information content (AvgIpc) is 2.80. The number of esters is 1. The van der Waals surface area contributed by atoms with Gasteiger partial charge in [-0.05, 0) is 43.2 Å². The van der Waals surface area contributed by atoms with Crippen molar-refractivity contribution in [2.75, 3.05) is 6.61 Å². The highest BCUT2D eigenvalue weighted by Gasteiger charge is 2.28. The molecule has 32 heavy (non-hydrogen) atoms. The summed E-state index contributed by atoms with van der Waals surface area (Å²) in [5.41, 5.74) is 0.898. The van der Waals surface area contributed by atoms with Gasteiger partial charge in [0.25, 0.3) is 5.69 Å². The number of hydrogen-bond donors (Lipinski definition) is 1. The molecular formula is C23H23N2O6P. The molecule has 3 aromatic rings. The van der Waals surface area contributed by atoms with Crippen LogP contribution in [0.15, 0.2) is 84.9 Å². The number of non-ortho nitro benzene ring substituents is 1. The van der Waals surface area contributed by atoms with E-state index in [9.17, 15) is 14.9 Å². The summed E-state index contributed by atoms with van der Waals surface area (Å²) in [6, 6.07) is 23.5. The molecule has 0 saturated heterocycles. The molecule has 0 fully saturated rings. The van der Waals surface area contributed by atoms with Crippen LogP contribution in [0.1, 0.15) is 12.5 Å². The Bertz CT molecular complexity index is 1000. The number of carbonyl (C=O) groups is 1. The number of carbonyl (C=O) groups excluding carboxylic acids is 1. The van der Waals surface area contributed by atoms with E-state index in [1.54, 1.807) is 19.1 Å². The number of nitro groups is 1. The molecule has 2 unspecified atom stereocenters. The zero-order chi connectivity index (χ0) is 22.8. The first kappa shape index (κ1) is 23.2. The molecule has 0 aromatic heterocycles. The predicted molar refractivity (Wildman–Crippen MR) is 121 cm³/mol. The smallest absolute Gasteiger partial charge is 0.382 e. The average molecular weight is 454 g/mol. The minimum atomic E-state index is -1.84. The fourth-order valence-electron chi connectivity index (χ4n) is 2.77. The molecule has 0 radical (unpaired) electrons. The van der Waals surface area contributed by atoms with E-state index in [1.807, 2.05) is 48.5 Å². The SMILES string of the molecule is CCOC(=O)C(Cc1ccccc1)NP(Oc1ccccc1)Oc1ccc([N+](=O)[O-])cc1. The highest BCUT2D eigenvalue weighted by molar-refractivity contribution is 7.45. The van der Waals surface area contributed by atoms with Gasteiger partial charge in [-0.1, -0.05) is 48.5 Å². The second-order valence-electron chi connectivity index (χ2n) is 6.63. The van der Waals surface area contributed by atoms with Crippen LogP contribution in [0.4, 0.5) is 5.69 Å². The lowest BCUT2D eigenvalue weighted by Gasteiger charge is -2.24. The molecule has 9 heteroatoms. The minimum Gasteiger partial charge on any atom is -0.465 e. The number of benzene rings is 3. The van der Waals surface area contributed by atoms with Crippen molar-refractivity contribution in [2.24, 2.45) is 0 Å². The number of rotatable bonds is 11. The van der Waals surface area contributed by atoms with Crippen LogP contribution in [0.2, 0.25) is 0 Å². The third kappa shape index (κ3) is 7.04. The number of nitrogens with one attached hydrogen (secondary N) is 1. The molecule has 8 nitrogen and oxygen atoms in total. The van der Waals surface area contributed by atoms with Gasteiger partial charge in [0.2, 0.25) is 0 Å². The van der Waals surface area contributed by atoms with Gasteiger partial charge in [-0.25, -0.2) is 5.09 Å². The van der Waals surface area contributed by atoms with Gasteiger partial charge in [-0.15, -0.1) is 0 Å². The van der Waals surface area contributed by atoms with Crippen LogP contribution in [0, 0.1) is 10.1 Å². The molecule has 0 saturated carbocycles. The van der Waals surface area contributed by atoms with Crippen molar-refractivity contribution in [3.8, 4) is 11.5 Å². The molecule has 0 heterocycles. The van der Waals surface area contributed by atoms with Crippen LogP contribution in [0.3, 0.4) is 0 Å². The summed E-state index contributed by atoms with van der Waals surface area (Å²) >= 11 is 0. The summed E-state index contributed by atoms with van der Waals surface area (Å²) in [5, 5.41) is 14.0. The van der Waals surface area contributed by atoms with Crippen molar-refractivity contribution in [1.29, 1.82) is 0 Å². The third-order valence-electron chi connectivity index (χ3n) is 4.28. The van der Waals surface area contributed by atoms with Crippen LogP contribution in [0.25, 0.3) is 0 Å². The summed E-state index contributed by atoms with van der Waals surface area (Å²) in [6.07, 6.45) is 0.375. The Kier molecular flexibility index (Phi) is 8.54. The van der Waals surface area contributed by atoms with Gasteiger partial charge in [-0.3, -0.25) is 14.9 Å². The number of nitro benzene ring substituents is 1. The molecular weight excluding hydrogens is 431 g/mol. The fourth-order valence-corrected chi connectivity index (χ4v) is 3.99. The van der Waals surface area contributed by atoms with Gasteiger partial charge < -0.3 is 13.8 Å². The molecule has 3 aromatic carbocycles. The monoisotopic (exact) mass is 454 g/mol. The van der Waals surface area contributed by atoms with Gasteiger partial charge in [0.15, 0.2) is 0 Å². The maximum Gasteiger partial charge on any atom is 0.382 e. The first-order valence-electron chi connectivity index (χ1n) is 9.97. The molecule has 1 N–H and O–H groups in total. The van der Waals surface area contributed by atoms with Crippen molar-refractivity contribution in [1.82, 2.24) is 5.09 Å².